The Morgan fingerprint density at radius 3 is 1.93 bits per heavy atom. The summed E-state index contributed by atoms with van der Waals surface area (Å²) in [5.74, 6) is -0.879. The molecule has 0 N–H and O–H groups in total. The van der Waals surface area contributed by atoms with Crippen molar-refractivity contribution in [1.82, 2.24) is 4.90 Å². The van der Waals surface area contributed by atoms with E-state index < -0.39 is 11.2 Å². The molecule has 4 atom stereocenters. The van der Waals surface area contributed by atoms with Gasteiger partial charge in [0.2, 0.25) is 11.8 Å². The minimum Gasteiger partial charge on any atom is -0.359 e. The molecule has 80 valence electrons. The van der Waals surface area contributed by atoms with E-state index in [-0.39, 0.29) is 23.7 Å². The molecule has 0 unspecified atom stereocenters. The number of ether oxygens (including phenoxy) is 1. The molecular formula is C11H13NO3. The van der Waals surface area contributed by atoms with Gasteiger partial charge in [-0.2, -0.15) is 0 Å². The van der Waals surface area contributed by atoms with Gasteiger partial charge in [-0.1, -0.05) is 12.2 Å². The summed E-state index contributed by atoms with van der Waals surface area (Å²) in [5.41, 5.74) is -1.17. The van der Waals surface area contributed by atoms with E-state index in [9.17, 15) is 9.59 Å². The van der Waals surface area contributed by atoms with E-state index in [2.05, 4.69) is 0 Å². The van der Waals surface area contributed by atoms with Crippen molar-refractivity contribution in [2.45, 2.75) is 25.0 Å². The second-order valence-electron chi connectivity index (χ2n) is 4.99. The van der Waals surface area contributed by atoms with Gasteiger partial charge >= 0.3 is 0 Å². The van der Waals surface area contributed by atoms with Crippen LogP contribution in [-0.4, -0.2) is 35.0 Å². The fourth-order valence-corrected chi connectivity index (χ4v) is 3.17. The molecule has 2 amide bonds. The highest BCUT2D eigenvalue weighted by Gasteiger charge is 2.69. The number of likely N-dealkylation sites (tertiary alicyclic amines) is 1. The highest BCUT2D eigenvalue weighted by Crippen LogP contribution is 2.56. The predicted octanol–water partition coefficient (Wildman–Crippen LogP) is 0.335. The van der Waals surface area contributed by atoms with Crippen molar-refractivity contribution in [1.29, 1.82) is 0 Å². The summed E-state index contributed by atoms with van der Waals surface area (Å²) < 4.78 is 5.82. The Bertz CT molecular complexity index is 380. The average molecular weight is 207 g/mol. The minimum absolute atomic E-state index is 0.111. The number of hydrogen-bond donors (Lipinski definition) is 0. The summed E-state index contributed by atoms with van der Waals surface area (Å²) in [6.07, 6.45) is 3.83. The quantitative estimate of drug-likeness (QED) is 0.425. The number of nitrogens with zero attached hydrogens (tertiary/aromatic N) is 1. The van der Waals surface area contributed by atoms with Crippen LogP contribution in [0.1, 0.15) is 13.8 Å². The van der Waals surface area contributed by atoms with E-state index >= 15 is 0 Å². The monoisotopic (exact) mass is 207 g/mol. The topological polar surface area (TPSA) is 46.6 Å². The largest absolute Gasteiger partial charge is 0.359 e. The molecule has 2 saturated heterocycles. The first-order chi connectivity index (χ1) is 6.89. The van der Waals surface area contributed by atoms with Crippen molar-refractivity contribution in [3.05, 3.63) is 12.2 Å². The molecule has 3 aliphatic heterocycles. The fraction of sp³-hybridized carbons (Fsp3) is 0.636. The molecule has 0 aromatic carbocycles. The Morgan fingerprint density at radius 1 is 1.13 bits per heavy atom. The summed E-state index contributed by atoms with van der Waals surface area (Å²) in [6.45, 7) is 3.76. The van der Waals surface area contributed by atoms with Crippen molar-refractivity contribution in [2.75, 3.05) is 7.05 Å². The van der Waals surface area contributed by atoms with Gasteiger partial charge < -0.3 is 4.74 Å². The molecular weight excluding hydrogens is 194 g/mol. The lowest BCUT2D eigenvalue weighted by Crippen LogP contribution is -2.37. The molecule has 0 aliphatic carbocycles. The van der Waals surface area contributed by atoms with Crippen LogP contribution < -0.4 is 0 Å². The molecule has 4 nitrogen and oxygen atoms in total. The van der Waals surface area contributed by atoms with E-state index in [1.807, 2.05) is 26.0 Å². The minimum atomic E-state index is -0.586. The number of hydrogen-bond acceptors (Lipinski definition) is 3. The molecule has 3 heterocycles. The summed E-state index contributed by atoms with van der Waals surface area (Å²) in [5, 5.41) is 0. The van der Waals surface area contributed by atoms with Gasteiger partial charge in [0.15, 0.2) is 0 Å². The lowest BCUT2D eigenvalue weighted by Gasteiger charge is -2.23. The third-order valence-electron chi connectivity index (χ3n) is 3.95. The first-order valence-electron chi connectivity index (χ1n) is 5.11. The van der Waals surface area contributed by atoms with Crippen LogP contribution in [0.15, 0.2) is 12.2 Å². The van der Waals surface area contributed by atoms with Gasteiger partial charge in [0, 0.05) is 7.05 Å². The van der Waals surface area contributed by atoms with Crippen molar-refractivity contribution < 1.29 is 14.3 Å². The highest BCUT2D eigenvalue weighted by molar-refractivity contribution is 6.07. The third kappa shape index (κ3) is 0.785. The van der Waals surface area contributed by atoms with Gasteiger partial charge in [0.1, 0.15) is 0 Å². The Balaban J connectivity index is 2.18. The Labute approximate surface area is 87.9 Å². The maximum absolute atomic E-state index is 11.9. The van der Waals surface area contributed by atoms with E-state index in [1.54, 1.807) is 7.05 Å². The van der Waals surface area contributed by atoms with Crippen LogP contribution in [0.5, 0.6) is 0 Å². The van der Waals surface area contributed by atoms with Gasteiger partial charge in [-0.3, -0.25) is 14.5 Å². The molecule has 15 heavy (non-hydrogen) atoms. The van der Waals surface area contributed by atoms with Gasteiger partial charge in [-0.25, -0.2) is 0 Å². The number of rotatable bonds is 0. The zero-order chi connectivity index (χ0) is 11.0. The van der Waals surface area contributed by atoms with E-state index in [1.165, 1.54) is 4.90 Å². The molecule has 3 rings (SSSR count). The lowest BCUT2D eigenvalue weighted by atomic mass is 9.73. The molecule has 0 aromatic heterocycles. The summed E-state index contributed by atoms with van der Waals surface area (Å²) in [6, 6.07) is 0. The summed E-state index contributed by atoms with van der Waals surface area (Å²) in [4.78, 5) is 25.1. The Hall–Kier alpha value is -1.16. The van der Waals surface area contributed by atoms with Gasteiger partial charge in [0.25, 0.3) is 0 Å². The first-order valence-corrected chi connectivity index (χ1v) is 5.11. The van der Waals surface area contributed by atoms with Crippen molar-refractivity contribution in [2.24, 2.45) is 11.8 Å². The molecule has 4 heteroatoms. The molecule has 0 spiro atoms. The maximum Gasteiger partial charge on any atom is 0.236 e. The van der Waals surface area contributed by atoms with E-state index in [4.69, 9.17) is 4.74 Å². The molecule has 2 fully saturated rings. The zero-order valence-corrected chi connectivity index (χ0v) is 8.98. The van der Waals surface area contributed by atoms with Gasteiger partial charge in [-0.15, -0.1) is 0 Å². The maximum atomic E-state index is 11.9. The van der Waals surface area contributed by atoms with Gasteiger partial charge in [0.05, 0.1) is 23.0 Å². The zero-order valence-electron chi connectivity index (χ0n) is 8.98. The van der Waals surface area contributed by atoms with E-state index in [0.29, 0.717) is 0 Å². The van der Waals surface area contributed by atoms with Gasteiger partial charge in [-0.05, 0) is 13.8 Å². The average Bonchev–Trinajstić information content (AvgIpc) is 2.67. The van der Waals surface area contributed by atoms with Crippen LogP contribution in [0.4, 0.5) is 0 Å². The number of imide groups is 1. The highest BCUT2D eigenvalue weighted by atomic mass is 16.5. The molecule has 0 aromatic rings. The number of carbonyl (C=O) groups excluding carboxylic acids is 2. The van der Waals surface area contributed by atoms with Crippen molar-refractivity contribution >= 4 is 11.8 Å². The SMILES string of the molecule is CN1C(=O)[C@@H]2[C@H](C1=O)[C@@]1(C)C=C[C@]2(C)O1. The second-order valence-corrected chi connectivity index (χ2v) is 4.99. The number of amides is 2. The third-order valence-corrected chi connectivity index (χ3v) is 3.95. The first kappa shape index (κ1) is 9.09. The predicted molar refractivity (Wildman–Crippen MR) is 51.8 cm³/mol. The van der Waals surface area contributed by atoms with Crippen LogP contribution in [-0.2, 0) is 14.3 Å². The smallest absolute Gasteiger partial charge is 0.236 e. The van der Waals surface area contributed by atoms with Crippen molar-refractivity contribution in [3.8, 4) is 0 Å². The van der Waals surface area contributed by atoms with E-state index in [0.717, 1.165) is 0 Å². The molecule has 2 bridgehead atoms. The number of fused-ring (bicyclic) bond motifs is 5. The molecule has 0 saturated carbocycles. The molecule has 3 aliphatic rings. The molecule has 0 radical (unpaired) electrons. The van der Waals surface area contributed by atoms with Crippen LogP contribution in [0, 0.1) is 11.8 Å². The number of carbonyl (C=O) groups is 2. The second kappa shape index (κ2) is 2.16. The standard InChI is InChI=1S/C11H13NO3/c1-10-4-5-11(2,15-10)7-6(10)8(13)12(3)9(7)14/h4-7H,1-3H3/t6-,7+,10-,11+. The normalized spacial score (nSPS) is 51.8. The van der Waals surface area contributed by atoms with Crippen LogP contribution in [0.3, 0.4) is 0 Å². The van der Waals surface area contributed by atoms with Crippen LogP contribution >= 0.6 is 0 Å². The summed E-state index contributed by atoms with van der Waals surface area (Å²) in [7, 11) is 1.55. The lowest BCUT2D eigenvalue weighted by molar-refractivity contribution is -0.144. The summed E-state index contributed by atoms with van der Waals surface area (Å²) >= 11 is 0. The fourth-order valence-electron chi connectivity index (χ4n) is 3.17. The van der Waals surface area contributed by atoms with Crippen LogP contribution in [0.2, 0.25) is 0 Å². The Morgan fingerprint density at radius 2 is 1.53 bits per heavy atom. The van der Waals surface area contributed by atoms with Crippen molar-refractivity contribution in [3.63, 3.8) is 0 Å². The van der Waals surface area contributed by atoms with Crippen LogP contribution in [0.25, 0.3) is 0 Å². The Kier molecular flexibility index (Phi) is 1.31.